The Hall–Kier alpha value is -2.58. The summed E-state index contributed by atoms with van der Waals surface area (Å²) in [5.74, 6) is -4.83. The maximum atomic E-state index is 14.5. The summed E-state index contributed by atoms with van der Waals surface area (Å²) in [6.07, 6.45) is -6.52. The second-order valence-corrected chi connectivity index (χ2v) is 7.99. The SMILES string of the molecule is CC1CCC(C(F)(F)Oc2ccc(-c3cc(F)c(/C=C/C(F)(F)F)c(F)c3)c(F)c2)CC1. The van der Waals surface area contributed by atoms with Gasteiger partial charge >= 0.3 is 12.3 Å². The average molecular weight is 464 g/mol. The number of alkyl halides is 5. The Morgan fingerprint density at radius 2 is 1.44 bits per heavy atom. The Morgan fingerprint density at radius 1 is 0.844 bits per heavy atom. The fourth-order valence-electron chi connectivity index (χ4n) is 3.71. The second kappa shape index (κ2) is 9.11. The van der Waals surface area contributed by atoms with Crippen LogP contribution in [0.25, 0.3) is 17.2 Å². The van der Waals surface area contributed by atoms with Crippen molar-refractivity contribution in [2.24, 2.45) is 11.8 Å². The third-order valence-electron chi connectivity index (χ3n) is 5.51. The van der Waals surface area contributed by atoms with E-state index in [1.54, 1.807) is 0 Å². The summed E-state index contributed by atoms with van der Waals surface area (Å²) in [6, 6.07) is 4.07. The molecular weight excluding hydrogens is 444 g/mol. The third kappa shape index (κ3) is 5.81. The molecule has 0 heterocycles. The van der Waals surface area contributed by atoms with Gasteiger partial charge in [-0.2, -0.15) is 22.0 Å². The molecule has 0 aromatic heterocycles. The molecule has 1 aliphatic carbocycles. The van der Waals surface area contributed by atoms with Gasteiger partial charge in [-0.15, -0.1) is 0 Å². The number of hydrogen-bond acceptors (Lipinski definition) is 1. The predicted octanol–water partition coefficient (Wildman–Crippen LogP) is 8.14. The summed E-state index contributed by atoms with van der Waals surface area (Å²) in [6.45, 7) is 1.98. The van der Waals surface area contributed by atoms with Gasteiger partial charge in [-0.05, 0) is 54.7 Å². The molecule has 3 rings (SSSR count). The normalized spacial score (nSPS) is 20.0. The Balaban J connectivity index is 1.81. The van der Waals surface area contributed by atoms with Crippen molar-refractivity contribution in [2.75, 3.05) is 0 Å². The van der Waals surface area contributed by atoms with Gasteiger partial charge in [-0.3, -0.25) is 0 Å². The molecule has 0 saturated heterocycles. The van der Waals surface area contributed by atoms with Gasteiger partial charge in [0.1, 0.15) is 23.2 Å². The first-order valence-corrected chi connectivity index (χ1v) is 9.97. The summed E-state index contributed by atoms with van der Waals surface area (Å²) < 4.78 is 113. The number of allylic oxidation sites excluding steroid dienone is 1. The highest BCUT2D eigenvalue weighted by molar-refractivity contribution is 5.68. The predicted molar refractivity (Wildman–Crippen MR) is 104 cm³/mol. The zero-order chi connectivity index (χ0) is 23.7. The van der Waals surface area contributed by atoms with E-state index in [1.165, 1.54) is 0 Å². The first kappa shape index (κ1) is 24.1. The molecule has 0 atom stereocenters. The zero-order valence-corrected chi connectivity index (χ0v) is 17.0. The van der Waals surface area contributed by atoms with Crippen LogP contribution < -0.4 is 4.74 Å². The molecule has 0 N–H and O–H groups in total. The maximum absolute atomic E-state index is 14.5. The molecule has 32 heavy (non-hydrogen) atoms. The first-order valence-electron chi connectivity index (χ1n) is 9.97. The molecule has 1 aliphatic rings. The standard InChI is InChI=1S/C23H20F8O/c1-13-2-4-15(5-3-13)23(30,31)32-16-6-7-17(21(26)12-16)14-10-19(24)18(20(25)11-14)8-9-22(27,28)29/h6-13,15H,2-5H2,1H3/b9-8+. The highest BCUT2D eigenvalue weighted by Gasteiger charge is 2.43. The lowest BCUT2D eigenvalue weighted by Crippen LogP contribution is -2.37. The molecule has 1 nitrogen and oxygen atoms in total. The Kier molecular flexibility index (Phi) is 6.86. The molecule has 2 aromatic carbocycles. The van der Waals surface area contributed by atoms with Crippen molar-refractivity contribution in [3.63, 3.8) is 0 Å². The van der Waals surface area contributed by atoms with Crippen molar-refractivity contribution in [1.82, 2.24) is 0 Å². The minimum atomic E-state index is -4.77. The van der Waals surface area contributed by atoms with Gasteiger partial charge in [-0.25, -0.2) is 13.2 Å². The van der Waals surface area contributed by atoms with Crippen LogP contribution in [0.5, 0.6) is 5.75 Å². The number of halogens is 8. The zero-order valence-electron chi connectivity index (χ0n) is 17.0. The Morgan fingerprint density at radius 3 is 1.97 bits per heavy atom. The summed E-state index contributed by atoms with van der Waals surface area (Å²) in [4.78, 5) is 0. The van der Waals surface area contributed by atoms with Crippen molar-refractivity contribution in [2.45, 2.75) is 44.9 Å². The quantitative estimate of drug-likeness (QED) is 0.406. The first-order chi connectivity index (χ1) is 14.9. The summed E-state index contributed by atoms with van der Waals surface area (Å²) in [5.41, 5.74) is -1.56. The van der Waals surface area contributed by atoms with Crippen LogP contribution >= 0.6 is 0 Å². The molecule has 0 bridgehead atoms. The number of ether oxygens (including phenoxy) is 1. The van der Waals surface area contributed by atoms with Crippen LogP contribution in [0.15, 0.2) is 36.4 Å². The fourth-order valence-corrected chi connectivity index (χ4v) is 3.71. The van der Waals surface area contributed by atoms with E-state index in [9.17, 15) is 35.1 Å². The van der Waals surface area contributed by atoms with E-state index in [0.29, 0.717) is 37.0 Å². The lowest BCUT2D eigenvalue weighted by molar-refractivity contribution is -0.223. The molecule has 1 fully saturated rings. The molecule has 174 valence electrons. The van der Waals surface area contributed by atoms with E-state index in [4.69, 9.17) is 4.74 Å². The van der Waals surface area contributed by atoms with E-state index >= 15 is 0 Å². The Labute approximate surface area is 179 Å². The highest BCUT2D eigenvalue weighted by Crippen LogP contribution is 2.40. The van der Waals surface area contributed by atoms with Crippen molar-refractivity contribution in [3.8, 4) is 16.9 Å². The largest absolute Gasteiger partial charge is 0.432 e. The van der Waals surface area contributed by atoms with Crippen molar-refractivity contribution in [3.05, 3.63) is 59.4 Å². The molecule has 9 heteroatoms. The molecule has 0 radical (unpaired) electrons. The summed E-state index contributed by atoms with van der Waals surface area (Å²) in [5, 5.41) is 0. The van der Waals surface area contributed by atoms with E-state index in [2.05, 4.69) is 0 Å². The molecular formula is C23H20F8O. The number of rotatable bonds is 5. The van der Waals surface area contributed by atoms with E-state index in [-0.39, 0.29) is 36.1 Å². The van der Waals surface area contributed by atoms with Crippen LogP contribution in [0.2, 0.25) is 0 Å². The van der Waals surface area contributed by atoms with Crippen molar-refractivity contribution >= 4 is 6.08 Å². The Bertz CT molecular complexity index is 965. The summed E-state index contributed by atoms with van der Waals surface area (Å²) in [7, 11) is 0. The minimum absolute atomic E-state index is 0.232. The van der Waals surface area contributed by atoms with Gasteiger partial charge in [0.05, 0.1) is 5.92 Å². The molecule has 0 unspecified atom stereocenters. The van der Waals surface area contributed by atoms with Gasteiger partial charge in [0, 0.05) is 23.3 Å². The number of benzene rings is 2. The molecule has 0 spiro atoms. The van der Waals surface area contributed by atoms with Crippen LogP contribution in [-0.2, 0) is 0 Å². The fraction of sp³-hybridized carbons (Fsp3) is 0.391. The average Bonchev–Trinajstić information content (AvgIpc) is 2.66. The lowest BCUT2D eigenvalue weighted by Gasteiger charge is -2.32. The van der Waals surface area contributed by atoms with Crippen LogP contribution in [0.4, 0.5) is 35.1 Å². The topological polar surface area (TPSA) is 9.23 Å². The molecule has 1 saturated carbocycles. The van der Waals surface area contributed by atoms with Gasteiger partial charge in [-0.1, -0.05) is 19.8 Å². The van der Waals surface area contributed by atoms with Gasteiger partial charge in [0.2, 0.25) is 0 Å². The molecule has 0 aliphatic heterocycles. The second-order valence-electron chi connectivity index (χ2n) is 7.99. The van der Waals surface area contributed by atoms with Gasteiger partial charge < -0.3 is 4.74 Å². The van der Waals surface area contributed by atoms with E-state index < -0.39 is 47.0 Å². The lowest BCUT2D eigenvalue weighted by atomic mass is 9.82. The van der Waals surface area contributed by atoms with Crippen molar-refractivity contribution < 1.29 is 39.9 Å². The minimum Gasteiger partial charge on any atom is -0.432 e. The molecule has 0 amide bonds. The third-order valence-corrected chi connectivity index (χ3v) is 5.51. The van der Waals surface area contributed by atoms with Gasteiger partial charge in [0.15, 0.2) is 0 Å². The highest BCUT2D eigenvalue weighted by atomic mass is 19.4. The van der Waals surface area contributed by atoms with E-state index in [1.807, 2.05) is 6.92 Å². The van der Waals surface area contributed by atoms with Crippen LogP contribution in [0.3, 0.4) is 0 Å². The monoisotopic (exact) mass is 464 g/mol. The molecule has 2 aromatic rings. The van der Waals surface area contributed by atoms with Crippen molar-refractivity contribution in [1.29, 1.82) is 0 Å². The van der Waals surface area contributed by atoms with E-state index in [0.717, 1.165) is 12.1 Å². The smallest absolute Gasteiger partial charge is 0.409 e. The van der Waals surface area contributed by atoms with Gasteiger partial charge in [0.25, 0.3) is 0 Å². The summed E-state index contributed by atoms with van der Waals surface area (Å²) >= 11 is 0. The van der Waals surface area contributed by atoms with Crippen LogP contribution in [0, 0.1) is 29.3 Å². The van der Waals surface area contributed by atoms with Crippen LogP contribution in [-0.4, -0.2) is 12.3 Å². The maximum Gasteiger partial charge on any atom is 0.409 e. The van der Waals surface area contributed by atoms with Crippen LogP contribution in [0.1, 0.15) is 38.2 Å². The number of hydrogen-bond donors (Lipinski definition) is 0.